The molecule has 0 aliphatic heterocycles. The highest BCUT2D eigenvalue weighted by Crippen LogP contribution is 2.57. The average Bonchev–Trinajstić information content (AvgIpc) is 0.717. The smallest absolute Gasteiger partial charge is 0.406 e. The van der Waals surface area contributed by atoms with Gasteiger partial charge >= 0.3 is 18.5 Å². The molecule has 0 heterocycles. The van der Waals surface area contributed by atoms with Crippen LogP contribution in [0.15, 0.2) is 425 Å². The van der Waals surface area contributed by atoms with Crippen LogP contribution in [0.2, 0.25) is 0 Å². The molecule has 0 amide bonds. The van der Waals surface area contributed by atoms with Gasteiger partial charge in [-0.25, -0.2) is 0 Å². The number of phenolic OH excluding ortho intramolecular Hbond substituents is 12. The van der Waals surface area contributed by atoms with E-state index in [0.717, 1.165) is 44.5 Å². The van der Waals surface area contributed by atoms with Crippen molar-refractivity contribution in [3.05, 3.63) is 536 Å². The van der Waals surface area contributed by atoms with Crippen LogP contribution < -0.4 is 0 Å². The zero-order chi connectivity index (χ0) is 103. The van der Waals surface area contributed by atoms with Crippen molar-refractivity contribution in [3.63, 3.8) is 0 Å². The fourth-order valence-corrected chi connectivity index (χ4v) is 18.8. The van der Waals surface area contributed by atoms with Gasteiger partial charge in [-0.1, -0.05) is 347 Å². The van der Waals surface area contributed by atoms with Crippen molar-refractivity contribution < 1.29 is 101 Å². The van der Waals surface area contributed by atoms with E-state index >= 15 is 13.2 Å². The molecule has 0 aromatic heterocycles. The molecule has 17 aromatic rings. The molecular weight excluding hydrogens is 1830 g/mol. The molecule has 21 heteroatoms. The Hall–Kier alpha value is -16.3. The molecule has 0 saturated heterocycles. The quantitative estimate of drug-likeness (QED) is 0.0284. The highest BCUT2D eigenvalue weighted by molar-refractivity contribution is 5.64. The third kappa shape index (κ3) is 21.6. The number of hydrogen-bond donors (Lipinski definition) is 12. The van der Waals surface area contributed by atoms with E-state index in [2.05, 4.69) is 69.3 Å². The summed E-state index contributed by atoms with van der Waals surface area (Å²) >= 11 is 0. The molecule has 143 heavy (non-hydrogen) atoms. The first kappa shape index (κ1) is 104. The highest BCUT2D eigenvalue weighted by Gasteiger charge is 2.61. The van der Waals surface area contributed by atoms with E-state index in [4.69, 9.17) is 0 Å². The van der Waals surface area contributed by atoms with Crippen LogP contribution in [0, 0.1) is 0 Å². The molecule has 0 saturated carbocycles. The topological polar surface area (TPSA) is 243 Å². The lowest BCUT2D eigenvalue weighted by molar-refractivity contribution is -0.167. The lowest BCUT2D eigenvalue weighted by atomic mass is 9.65. The van der Waals surface area contributed by atoms with Crippen LogP contribution in [-0.4, -0.2) is 79.8 Å². The van der Waals surface area contributed by atoms with Crippen molar-refractivity contribution in [1.29, 1.82) is 0 Å². The van der Waals surface area contributed by atoms with Crippen molar-refractivity contribution in [2.24, 2.45) is 0 Å². The van der Waals surface area contributed by atoms with E-state index in [0.29, 0.717) is 11.1 Å². The Labute approximate surface area is 825 Å². The summed E-state index contributed by atoms with van der Waals surface area (Å²) in [5.41, 5.74) is 0.633. The first-order valence-corrected chi connectivity index (χ1v) is 45.8. The van der Waals surface area contributed by atoms with Gasteiger partial charge in [0.25, 0.3) is 0 Å². The van der Waals surface area contributed by atoms with Crippen LogP contribution in [0.1, 0.15) is 174 Å². The van der Waals surface area contributed by atoms with Gasteiger partial charge in [0.1, 0.15) is 85.2 Å². The molecule has 17 aromatic carbocycles. The molecule has 0 bridgehead atoms. The van der Waals surface area contributed by atoms with Crippen LogP contribution in [-0.2, 0) is 43.3 Å². The van der Waals surface area contributed by atoms with Gasteiger partial charge in [0.05, 0.1) is 5.41 Å². The summed E-state index contributed by atoms with van der Waals surface area (Å²) in [6.45, 7) is 17.6. The van der Waals surface area contributed by atoms with Gasteiger partial charge in [-0.3, -0.25) is 0 Å². The normalized spacial score (nSPS) is 12.2. The molecule has 0 fully saturated rings. The van der Waals surface area contributed by atoms with Crippen molar-refractivity contribution in [1.82, 2.24) is 0 Å². The maximum Gasteiger partial charge on any atom is 0.406 e. The Morgan fingerprint density at radius 3 is 0.503 bits per heavy atom. The van der Waals surface area contributed by atoms with Crippen molar-refractivity contribution in [2.75, 3.05) is 0 Å². The molecule has 12 N–H and O–H groups in total. The minimum atomic E-state index is -4.74. The number of hydrogen-bond acceptors (Lipinski definition) is 12. The second kappa shape index (κ2) is 42.0. The van der Waals surface area contributed by atoms with Crippen molar-refractivity contribution >= 4 is 0 Å². The summed E-state index contributed by atoms with van der Waals surface area (Å²) in [7, 11) is 0. The summed E-state index contributed by atoms with van der Waals surface area (Å²) in [5.74, 6) is 0.423. The molecule has 0 unspecified atom stereocenters. The second-order valence-electron chi connectivity index (χ2n) is 37.7. The van der Waals surface area contributed by atoms with Crippen LogP contribution in [0.25, 0.3) is 0 Å². The highest BCUT2D eigenvalue weighted by atomic mass is 19.4. The van der Waals surface area contributed by atoms with Crippen LogP contribution in [0.3, 0.4) is 0 Å². The lowest BCUT2D eigenvalue weighted by Gasteiger charge is -2.39. The number of rotatable bonds is 18. The molecule has 0 aliphatic rings. The van der Waals surface area contributed by atoms with Gasteiger partial charge in [-0.05, 0) is 262 Å². The Morgan fingerprint density at radius 1 is 0.154 bits per heavy atom. The van der Waals surface area contributed by atoms with E-state index in [1.165, 1.54) is 188 Å². The Morgan fingerprint density at radius 2 is 0.301 bits per heavy atom. The number of benzene rings is 17. The summed E-state index contributed by atoms with van der Waals surface area (Å²) < 4.78 is 133. The molecule has 0 aliphatic carbocycles. The minimum absolute atomic E-state index is 0.00877. The second-order valence-corrected chi connectivity index (χ2v) is 37.7. The van der Waals surface area contributed by atoms with Crippen LogP contribution >= 0.6 is 0 Å². The van der Waals surface area contributed by atoms with Gasteiger partial charge in [0.15, 0.2) is 0 Å². The zero-order valence-corrected chi connectivity index (χ0v) is 79.7. The SMILES string of the molecule is CC(C)(C)c1cc(C(c2ccccc2)(c2ccc(O)c(C(C)(C)C)c2)C(F)(F)F)ccc1O.CC(C)(c1ccc(O)cc1)c1ccc(C(C)(c2ccc(O)cc2)c2ccc(O)cc2)cc1.Oc1ccc(C(c2ccc(O)cc2)(c2ccc(O)cc2)C(F)(F)F)cc1.Oc1ccc(C(c2ccccc2)(c2ccc(O)cc2)C(F)(F)F)cc1.Oc1ccc(C(c2ccccc2)(c2ccccc2)c2ccc(O)cc2)cc1. The maximum absolute atomic E-state index is 15.4. The van der Waals surface area contributed by atoms with Crippen LogP contribution in [0.4, 0.5) is 39.5 Å². The molecule has 17 rings (SSSR count). The fourth-order valence-electron chi connectivity index (χ4n) is 18.8. The van der Waals surface area contributed by atoms with Gasteiger partial charge in [-0.15, -0.1) is 0 Å². The summed E-state index contributed by atoms with van der Waals surface area (Å²) in [6, 6.07) is 114. The molecule has 732 valence electrons. The number of aromatic hydroxyl groups is 12. The Balaban J connectivity index is 0.000000151. The van der Waals surface area contributed by atoms with Gasteiger partial charge < -0.3 is 61.3 Å². The fraction of sp³-hybridized carbons (Fsp3) is 0.164. The van der Waals surface area contributed by atoms with Crippen molar-refractivity contribution in [3.8, 4) is 69.0 Å². The first-order chi connectivity index (χ1) is 67.6. The summed E-state index contributed by atoms with van der Waals surface area (Å²) in [5, 5.41) is 117. The van der Waals surface area contributed by atoms with E-state index in [1.54, 1.807) is 97.1 Å². The van der Waals surface area contributed by atoms with Gasteiger partial charge in [-0.2, -0.15) is 39.5 Å². The molecular formula is C122H109F9O12. The lowest BCUT2D eigenvalue weighted by Crippen LogP contribution is -2.45. The molecule has 0 radical (unpaired) electrons. The predicted molar refractivity (Wildman–Crippen MR) is 541 cm³/mol. The predicted octanol–water partition coefficient (Wildman–Crippen LogP) is 29.2. The minimum Gasteiger partial charge on any atom is -0.508 e. The van der Waals surface area contributed by atoms with E-state index in [1.807, 2.05) is 139 Å². The van der Waals surface area contributed by atoms with E-state index in [-0.39, 0.29) is 124 Å². The Kier molecular flexibility index (Phi) is 30.6. The molecule has 0 spiro atoms. The summed E-state index contributed by atoms with van der Waals surface area (Å²) in [6.07, 6.45) is -14.1. The average molecular weight is 1940 g/mol. The third-order valence-corrected chi connectivity index (χ3v) is 26.3. The van der Waals surface area contributed by atoms with Crippen LogP contribution in [0.5, 0.6) is 69.0 Å². The number of phenols is 12. The zero-order valence-electron chi connectivity index (χ0n) is 79.7. The van der Waals surface area contributed by atoms with E-state index in [9.17, 15) is 87.6 Å². The van der Waals surface area contributed by atoms with Gasteiger partial charge in [0, 0.05) is 10.8 Å². The van der Waals surface area contributed by atoms with Crippen molar-refractivity contribution in [2.45, 2.75) is 124 Å². The standard InChI is InChI=1S/C29H28O3.C28H31F3O2.C25H20O2.C20H15F3O3.C20H15F3O2/c1-28(2,21-8-14-25(30)15-9-21)20-4-6-22(7-5-20)29(3,23-10-16-26(31)17-11-23)24-12-18-27(32)19-13-24;1-25(2,3)21-16-19(12-14-23(21)32)27(28(29,30)31,18-10-8-7-9-11-18)20-13-15-24(33)22(17-20)26(4,5)6;26-23-15-11-21(12-16-23)25(19-7-3-1-4-8-19,20-9-5-2-6-10-20)22-13-17-24(27)18-14-22;21-20(22,23)19(13-1-7-16(24)8-2-13,14-3-9-17(25)10-4-14)15-5-11-18(26)12-6-15;21-20(22,23)19(14-4-2-1-3-5-14,15-6-10-17(24)11-7-15)16-8-12-18(25)13-9-16/h4-19,30-32H,1-3H3;7-17,32-33H,1-6H3;1-18,26-27H;1-12,24-26H;1-13,24-25H. The largest absolute Gasteiger partial charge is 0.508 e. The maximum atomic E-state index is 15.4. The Bertz CT molecular complexity index is 6690. The van der Waals surface area contributed by atoms with Gasteiger partial charge in [0.2, 0.25) is 0 Å². The third-order valence-electron chi connectivity index (χ3n) is 26.3. The monoisotopic (exact) mass is 1940 g/mol. The van der Waals surface area contributed by atoms with E-state index < -0.39 is 56.4 Å². The summed E-state index contributed by atoms with van der Waals surface area (Å²) in [4.78, 5) is 0. The molecule has 0 atom stereocenters. The number of halogens is 9. The first-order valence-electron chi connectivity index (χ1n) is 45.8. The number of alkyl halides is 9. The molecule has 12 nitrogen and oxygen atoms in total.